The number of carbonyl (C=O) groups is 2. The van der Waals surface area contributed by atoms with Gasteiger partial charge in [-0.15, -0.1) is 0 Å². The summed E-state index contributed by atoms with van der Waals surface area (Å²) in [6.07, 6.45) is -0.225. The Morgan fingerprint density at radius 3 is 2.19 bits per heavy atom. The molecule has 0 heterocycles. The molecule has 0 fully saturated rings. The van der Waals surface area contributed by atoms with Crippen LogP contribution in [0.15, 0.2) is 30.3 Å². The molecular weight excluding hydrogens is 346 g/mol. The van der Waals surface area contributed by atoms with E-state index in [-0.39, 0.29) is 11.0 Å². The molecule has 0 radical (unpaired) electrons. The molecule has 0 saturated heterocycles. The van der Waals surface area contributed by atoms with Gasteiger partial charge in [0.05, 0.1) is 6.61 Å². The summed E-state index contributed by atoms with van der Waals surface area (Å²) >= 11 is 0. The predicted octanol–water partition coefficient (Wildman–Crippen LogP) is 4.53. The van der Waals surface area contributed by atoms with Crippen molar-refractivity contribution in [2.45, 2.75) is 65.2 Å². The number of hydrogen-bond acceptors (Lipinski definition) is 4. The van der Waals surface area contributed by atoms with Gasteiger partial charge in [-0.3, -0.25) is 4.79 Å². The minimum atomic E-state index is -2.28. The average Bonchev–Trinajstić information content (AvgIpc) is 2.51. The van der Waals surface area contributed by atoms with Crippen LogP contribution in [0, 0.1) is 5.92 Å². The van der Waals surface area contributed by atoms with E-state index in [2.05, 4.69) is 26.1 Å². The van der Waals surface area contributed by atoms with Gasteiger partial charge in [-0.1, -0.05) is 65.0 Å². The van der Waals surface area contributed by atoms with Crippen LogP contribution in [-0.2, 0) is 20.4 Å². The van der Waals surface area contributed by atoms with Gasteiger partial charge >= 0.3 is 12.1 Å². The van der Waals surface area contributed by atoms with E-state index >= 15 is 0 Å². The highest BCUT2D eigenvalue weighted by Crippen LogP contribution is 2.36. The Labute approximate surface area is 158 Å². The van der Waals surface area contributed by atoms with Gasteiger partial charge in [-0.2, -0.15) is 0 Å². The second kappa shape index (κ2) is 9.21. The van der Waals surface area contributed by atoms with Crippen molar-refractivity contribution in [2.24, 2.45) is 5.92 Å². The van der Waals surface area contributed by atoms with E-state index < -0.39 is 26.4 Å². The lowest BCUT2D eigenvalue weighted by Gasteiger charge is -2.36. The topological polar surface area (TPSA) is 64.6 Å². The highest BCUT2D eigenvalue weighted by molar-refractivity contribution is 6.75. The summed E-state index contributed by atoms with van der Waals surface area (Å²) in [5.41, 5.74) is 0.953. The maximum Gasteiger partial charge on any atom is 0.407 e. The van der Waals surface area contributed by atoms with E-state index in [4.69, 9.17) is 9.16 Å². The third-order valence-corrected chi connectivity index (χ3v) is 8.89. The molecule has 1 atom stereocenters. The molecule has 0 saturated carbocycles. The number of ether oxygens (including phenoxy) is 1. The minimum absolute atomic E-state index is 0.0991. The zero-order chi connectivity index (χ0) is 20.0. The van der Waals surface area contributed by atoms with E-state index in [9.17, 15) is 9.59 Å². The first-order valence-electron chi connectivity index (χ1n) is 9.12. The number of carbonyl (C=O) groups excluding carboxylic acids is 2. The summed E-state index contributed by atoms with van der Waals surface area (Å²) in [7, 11) is -2.28. The van der Waals surface area contributed by atoms with Crippen molar-refractivity contribution in [2.75, 3.05) is 6.61 Å². The van der Waals surface area contributed by atoms with Gasteiger partial charge in [0.25, 0.3) is 8.32 Å². The molecule has 0 aromatic heterocycles. The Bertz CT molecular complexity index is 594. The number of alkyl carbamates (subject to hydrolysis) is 1. The number of benzene rings is 1. The quantitative estimate of drug-likeness (QED) is 0.707. The zero-order valence-corrected chi connectivity index (χ0v) is 18.1. The molecule has 0 bridgehead atoms. The summed E-state index contributed by atoms with van der Waals surface area (Å²) in [4.78, 5) is 24.9. The van der Waals surface area contributed by atoms with Gasteiger partial charge in [0.15, 0.2) is 0 Å². The minimum Gasteiger partial charge on any atom is -0.518 e. The van der Waals surface area contributed by atoms with E-state index in [0.717, 1.165) is 5.56 Å². The van der Waals surface area contributed by atoms with E-state index in [0.29, 0.717) is 13.0 Å². The van der Waals surface area contributed by atoms with Crippen LogP contribution in [0.4, 0.5) is 4.79 Å². The van der Waals surface area contributed by atoms with Crippen LogP contribution in [0.5, 0.6) is 0 Å². The van der Waals surface area contributed by atoms with Crippen LogP contribution in [-0.4, -0.2) is 33.0 Å². The molecule has 1 aromatic rings. The molecule has 0 aliphatic carbocycles. The van der Waals surface area contributed by atoms with Gasteiger partial charge in [-0.05, 0) is 29.6 Å². The van der Waals surface area contributed by atoms with Crippen LogP contribution >= 0.6 is 0 Å². The van der Waals surface area contributed by atoms with Gasteiger partial charge in [0, 0.05) is 6.42 Å². The van der Waals surface area contributed by atoms with Crippen LogP contribution in [0.3, 0.4) is 0 Å². The molecule has 1 aromatic carbocycles. The first-order chi connectivity index (χ1) is 11.9. The SMILES string of the molecule is CC(C)COC(=O)NC(Cc1ccccc1)C(=O)O[Si](C)(C)C(C)(C)C. The number of amides is 1. The fraction of sp³-hybridized carbons (Fsp3) is 0.600. The maximum atomic E-state index is 12.8. The van der Waals surface area contributed by atoms with E-state index in [1.54, 1.807) is 0 Å². The summed E-state index contributed by atoms with van der Waals surface area (Å²) in [5, 5.41) is 2.58. The number of rotatable bonds is 7. The average molecular weight is 380 g/mol. The van der Waals surface area contributed by atoms with Crippen LogP contribution in [0.2, 0.25) is 18.1 Å². The van der Waals surface area contributed by atoms with Crippen molar-refractivity contribution < 1.29 is 18.8 Å². The van der Waals surface area contributed by atoms with Gasteiger partial charge in [-0.25, -0.2) is 4.79 Å². The van der Waals surface area contributed by atoms with Crippen molar-refractivity contribution in [3.8, 4) is 0 Å². The fourth-order valence-corrected chi connectivity index (χ4v) is 2.90. The summed E-state index contributed by atoms with van der Waals surface area (Å²) < 4.78 is 11.1. The smallest absolute Gasteiger partial charge is 0.407 e. The van der Waals surface area contributed by atoms with Crippen molar-refractivity contribution in [3.05, 3.63) is 35.9 Å². The van der Waals surface area contributed by atoms with E-state index in [1.807, 2.05) is 57.3 Å². The standard InChI is InChI=1S/C20H33NO4Si/c1-15(2)14-24-19(23)21-17(13-16-11-9-8-10-12-16)18(22)25-26(6,7)20(3,4)5/h8-12,15,17H,13-14H2,1-7H3,(H,21,23). The van der Waals surface area contributed by atoms with Crippen LogP contribution in [0.25, 0.3) is 0 Å². The molecule has 146 valence electrons. The summed E-state index contributed by atoms with van der Waals surface area (Å²) in [5.74, 6) is -0.172. The second-order valence-corrected chi connectivity index (χ2v) is 13.3. The monoisotopic (exact) mass is 379 g/mol. The number of hydrogen-bond donors (Lipinski definition) is 1. The highest BCUT2D eigenvalue weighted by atomic mass is 28.4. The number of nitrogens with one attached hydrogen (secondary N) is 1. The largest absolute Gasteiger partial charge is 0.518 e. The normalized spacial score (nSPS) is 13.2. The highest BCUT2D eigenvalue weighted by Gasteiger charge is 2.42. The molecule has 26 heavy (non-hydrogen) atoms. The van der Waals surface area contributed by atoms with Crippen molar-refractivity contribution in [1.82, 2.24) is 5.32 Å². The Morgan fingerprint density at radius 2 is 1.69 bits per heavy atom. The fourth-order valence-electron chi connectivity index (χ4n) is 1.95. The first-order valence-corrected chi connectivity index (χ1v) is 12.0. The van der Waals surface area contributed by atoms with Crippen LogP contribution in [0.1, 0.15) is 40.2 Å². The molecule has 1 unspecified atom stereocenters. The third kappa shape index (κ3) is 7.20. The zero-order valence-electron chi connectivity index (χ0n) is 17.1. The molecule has 0 aliphatic rings. The second-order valence-electron chi connectivity index (χ2n) is 8.56. The molecular formula is C20H33NO4Si. The third-order valence-electron chi connectivity index (χ3n) is 4.57. The maximum absolute atomic E-state index is 12.8. The van der Waals surface area contributed by atoms with Gasteiger partial charge < -0.3 is 14.5 Å². The van der Waals surface area contributed by atoms with Crippen molar-refractivity contribution >= 4 is 20.4 Å². The first kappa shape index (κ1) is 22.2. The Balaban J connectivity index is 2.89. The Morgan fingerprint density at radius 1 is 1.12 bits per heavy atom. The molecule has 0 spiro atoms. The van der Waals surface area contributed by atoms with Gasteiger partial charge in [0.1, 0.15) is 6.04 Å². The van der Waals surface area contributed by atoms with Crippen molar-refractivity contribution in [1.29, 1.82) is 0 Å². The summed E-state index contributed by atoms with van der Waals surface area (Å²) in [6.45, 7) is 14.5. The predicted molar refractivity (Wildman–Crippen MR) is 107 cm³/mol. The Kier molecular flexibility index (Phi) is 7.87. The van der Waals surface area contributed by atoms with E-state index in [1.165, 1.54) is 0 Å². The molecule has 0 aliphatic heterocycles. The van der Waals surface area contributed by atoms with Crippen LogP contribution < -0.4 is 5.32 Å². The lowest BCUT2D eigenvalue weighted by Crippen LogP contribution is -2.50. The molecule has 5 nitrogen and oxygen atoms in total. The Hall–Kier alpha value is -1.82. The summed E-state index contributed by atoms with van der Waals surface area (Å²) in [6, 6.07) is 8.80. The lowest BCUT2D eigenvalue weighted by molar-refractivity contribution is -0.137. The van der Waals surface area contributed by atoms with Crippen molar-refractivity contribution in [3.63, 3.8) is 0 Å². The molecule has 6 heteroatoms. The molecule has 1 N–H and O–H groups in total. The van der Waals surface area contributed by atoms with Gasteiger partial charge in [0.2, 0.25) is 0 Å². The molecule has 1 rings (SSSR count). The molecule has 1 amide bonds. The lowest BCUT2D eigenvalue weighted by atomic mass is 10.1.